The second-order valence-corrected chi connectivity index (χ2v) is 8.88. The first-order valence-electron chi connectivity index (χ1n) is 10.9. The summed E-state index contributed by atoms with van der Waals surface area (Å²) in [7, 11) is 0. The second-order valence-electron chi connectivity index (χ2n) is 8.88. The largest absolute Gasteiger partial charge is 0.488 e. The fraction of sp³-hybridized carbons (Fsp3) is 0.296. The van der Waals surface area contributed by atoms with Crippen molar-refractivity contribution >= 4 is 5.97 Å². The highest BCUT2D eigenvalue weighted by Crippen LogP contribution is 2.41. The number of benzene rings is 3. The average Bonchev–Trinajstić information content (AvgIpc) is 3.28. The summed E-state index contributed by atoms with van der Waals surface area (Å²) in [6.07, 6.45) is 0. The Labute approximate surface area is 192 Å². The number of nitrogens with zero attached hydrogens (tertiary/aromatic N) is 1. The van der Waals surface area contributed by atoms with Crippen LogP contribution >= 0.6 is 0 Å². The summed E-state index contributed by atoms with van der Waals surface area (Å²) in [5, 5.41) is 0. The van der Waals surface area contributed by atoms with Gasteiger partial charge in [-0.05, 0) is 38.5 Å². The van der Waals surface area contributed by atoms with E-state index in [0.717, 1.165) is 5.56 Å². The van der Waals surface area contributed by atoms with Crippen LogP contribution in [0.4, 0.5) is 8.78 Å². The van der Waals surface area contributed by atoms with Crippen molar-refractivity contribution in [2.75, 3.05) is 6.67 Å². The number of fused-ring (bicyclic) bond motifs is 1. The Morgan fingerprint density at radius 2 is 1.61 bits per heavy atom. The van der Waals surface area contributed by atoms with Crippen molar-refractivity contribution < 1.29 is 23.0 Å². The van der Waals surface area contributed by atoms with E-state index in [2.05, 4.69) is 0 Å². The zero-order chi connectivity index (χ0) is 23.6. The number of hydrogen-bond donors (Lipinski definition) is 0. The molecular formula is C27H27F2NO3. The van der Waals surface area contributed by atoms with E-state index in [9.17, 15) is 9.18 Å². The molecule has 0 amide bonds. The van der Waals surface area contributed by atoms with E-state index in [-0.39, 0.29) is 30.8 Å². The van der Waals surface area contributed by atoms with Gasteiger partial charge in [0.05, 0.1) is 0 Å². The molecule has 0 fully saturated rings. The maximum atomic E-state index is 15.5. The third-order valence-corrected chi connectivity index (χ3v) is 6.10. The molecule has 0 bridgehead atoms. The first kappa shape index (κ1) is 22.9. The van der Waals surface area contributed by atoms with Gasteiger partial charge in [-0.3, -0.25) is 4.90 Å². The molecule has 1 aliphatic heterocycles. The van der Waals surface area contributed by atoms with Crippen LogP contribution in [-0.2, 0) is 19.7 Å². The molecule has 0 saturated carbocycles. The molecule has 172 valence electrons. The highest BCUT2D eigenvalue weighted by molar-refractivity contribution is 5.96. The molecule has 4 rings (SSSR count). The number of para-hydroxylation sites is 1. The minimum atomic E-state index is -0.777. The highest BCUT2D eigenvalue weighted by Gasteiger charge is 2.38. The Morgan fingerprint density at radius 1 is 1.00 bits per heavy atom. The maximum absolute atomic E-state index is 15.5. The molecule has 0 saturated heterocycles. The number of carbonyl (C=O) groups excluding carboxylic acids is 1. The minimum absolute atomic E-state index is 0.0611. The lowest BCUT2D eigenvalue weighted by Gasteiger charge is -2.32. The van der Waals surface area contributed by atoms with Crippen LogP contribution in [0.3, 0.4) is 0 Å². The van der Waals surface area contributed by atoms with Gasteiger partial charge in [0.1, 0.15) is 36.2 Å². The predicted octanol–water partition coefficient (Wildman–Crippen LogP) is 6.00. The monoisotopic (exact) mass is 451 g/mol. The number of carbonyl (C=O) groups is 1. The van der Waals surface area contributed by atoms with Crippen molar-refractivity contribution in [2.24, 2.45) is 0 Å². The Balaban J connectivity index is 1.77. The summed E-state index contributed by atoms with van der Waals surface area (Å²) >= 11 is 0. The van der Waals surface area contributed by atoms with Crippen molar-refractivity contribution in [3.63, 3.8) is 0 Å². The predicted molar refractivity (Wildman–Crippen MR) is 123 cm³/mol. The SMILES string of the molecule is Cc1c(F)c2c(c(OCc3ccccc3)c1C(=O)Oc1ccccc1)CN(C(C)(C)CF)C2. The quantitative estimate of drug-likeness (QED) is 0.326. The standard InChI is InChI=1S/C27H27F2NO3/c1-18-23(26(31)33-20-12-8-5-9-13-20)25(32-16-19-10-6-4-7-11-19)22-15-30(27(2,3)17-28)14-21(22)24(18)29/h4-13H,14-17H2,1-3H3. The molecule has 0 atom stereocenters. The van der Waals surface area contributed by atoms with Crippen LogP contribution < -0.4 is 9.47 Å². The molecule has 0 radical (unpaired) electrons. The van der Waals surface area contributed by atoms with Gasteiger partial charge in [-0.25, -0.2) is 13.6 Å². The van der Waals surface area contributed by atoms with Crippen LogP contribution in [0.5, 0.6) is 11.5 Å². The van der Waals surface area contributed by atoms with Crippen LogP contribution in [0.15, 0.2) is 60.7 Å². The van der Waals surface area contributed by atoms with Gasteiger partial charge in [0.15, 0.2) is 0 Å². The molecule has 4 nitrogen and oxygen atoms in total. The van der Waals surface area contributed by atoms with Crippen molar-refractivity contribution in [1.82, 2.24) is 4.90 Å². The Kier molecular flexibility index (Phi) is 6.47. The normalized spacial score (nSPS) is 13.6. The first-order valence-corrected chi connectivity index (χ1v) is 10.9. The molecule has 3 aromatic carbocycles. The van der Waals surface area contributed by atoms with Crippen molar-refractivity contribution in [1.29, 1.82) is 0 Å². The van der Waals surface area contributed by atoms with Gasteiger partial charge in [-0.2, -0.15) is 0 Å². The zero-order valence-electron chi connectivity index (χ0n) is 19.0. The fourth-order valence-electron chi connectivity index (χ4n) is 3.99. The van der Waals surface area contributed by atoms with Gasteiger partial charge in [0.2, 0.25) is 0 Å². The number of alkyl halides is 1. The van der Waals surface area contributed by atoms with Crippen LogP contribution in [0.25, 0.3) is 0 Å². The van der Waals surface area contributed by atoms with E-state index in [1.807, 2.05) is 41.3 Å². The molecule has 1 aliphatic rings. The molecule has 0 aliphatic carbocycles. The number of esters is 1. The van der Waals surface area contributed by atoms with Gasteiger partial charge in [0.25, 0.3) is 0 Å². The lowest BCUT2D eigenvalue weighted by Crippen LogP contribution is -2.42. The fourth-order valence-corrected chi connectivity index (χ4v) is 3.99. The third-order valence-electron chi connectivity index (χ3n) is 6.10. The second kappa shape index (κ2) is 9.32. The molecule has 33 heavy (non-hydrogen) atoms. The summed E-state index contributed by atoms with van der Waals surface area (Å²) in [5.74, 6) is -0.510. The van der Waals surface area contributed by atoms with E-state index >= 15 is 4.39 Å². The topological polar surface area (TPSA) is 38.8 Å². The van der Waals surface area contributed by atoms with E-state index in [0.29, 0.717) is 22.6 Å². The average molecular weight is 452 g/mol. The summed E-state index contributed by atoms with van der Waals surface area (Å²) in [6, 6.07) is 18.2. The summed E-state index contributed by atoms with van der Waals surface area (Å²) < 4.78 is 40.9. The molecule has 0 spiro atoms. The van der Waals surface area contributed by atoms with Gasteiger partial charge < -0.3 is 9.47 Å². The van der Waals surface area contributed by atoms with E-state index in [4.69, 9.17) is 9.47 Å². The number of hydrogen-bond acceptors (Lipinski definition) is 4. The molecule has 0 N–H and O–H groups in total. The summed E-state index contributed by atoms with van der Waals surface area (Å²) in [5.41, 5.74) is 1.36. The summed E-state index contributed by atoms with van der Waals surface area (Å²) in [6.45, 7) is 5.25. The van der Waals surface area contributed by atoms with Crippen molar-refractivity contribution in [3.8, 4) is 11.5 Å². The Morgan fingerprint density at radius 3 is 2.24 bits per heavy atom. The molecule has 0 aromatic heterocycles. The Hall–Kier alpha value is -3.25. The van der Waals surface area contributed by atoms with Gasteiger partial charge in [0, 0.05) is 35.3 Å². The van der Waals surface area contributed by atoms with Gasteiger partial charge in [-0.15, -0.1) is 0 Å². The Bertz CT molecular complexity index is 1150. The maximum Gasteiger partial charge on any atom is 0.347 e. The van der Waals surface area contributed by atoms with Crippen molar-refractivity contribution in [3.05, 3.63) is 94.3 Å². The van der Waals surface area contributed by atoms with Crippen molar-refractivity contribution in [2.45, 2.75) is 46.0 Å². The van der Waals surface area contributed by atoms with Gasteiger partial charge >= 0.3 is 5.97 Å². The molecule has 3 aromatic rings. The lowest BCUT2D eigenvalue weighted by molar-refractivity contribution is 0.0727. The van der Waals surface area contributed by atoms with E-state index in [1.54, 1.807) is 45.0 Å². The number of halogens is 2. The van der Waals surface area contributed by atoms with Crippen LogP contribution in [0.1, 0.15) is 46.5 Å². The molecule has 1 heterocycles. The number of rotatable bonds is 7. The molecule has 0 unspecified atom stereocenters. The van der Waals surface area contributed by atoms with E-state index < -0.39 is 24.0 Å². The molecular weight excluding hydrogens is 424 g/mol. The lowest BCUT2D eigenvalue weighted by atomic mass is 9.98. The zero-order valence-corrected chi connectivity index (χ0v) is 19.0. The first-order chi connectivity index (χ1) is 15.8. The smallest absolute Gasteiger partial charge is 0.347 e. The summed E-state index contributed by atoms with van der Waals surface area (Å²) in [4.78, 5) is 15.1. The van der Waals surface area contributed by atoms with Crippen LogP contribution in [0.2, 0.25) is 0 Å². The highest BCUT2D eigenvalue weighted by atomic mass is 19.1. The van der Waals surface area contributed by atoms with Crippen LogP contribution in [-0.4, -0.2) is 23.1 Å². The molecule has 6 heteroatoms. The van der Waals surface area contributed by atoms with E-state index in [1.165, 1.54) is 0 Å². The van der Waals surface area contributed by atoms with Gasteiger partial charge in [-0.1, -0.05) is 48.5 Å². The number of ether oxygens (including phenoxy) is 2. The third kappa shape index (κ3) is 4.62. The van der Waals surface area contributed by atoms with Crippen LogP contribution in [0, 0.1) is 12.7 Å². The minimum Gasteiger partial charge on any atom is -0.488 e.